The predicted molar refractivity (Wildman–Crippen MR) is 124 cm³/mol. The van der Waals surface area contributed by atoms with Crippen molar-refractivity contribution < 1.29 is 22.7 Å². The van der Waals surface area contributed by atoms with Crippen LogP contribution in [0.1, 0.15) is 12.8 Å². The molecule has 4 rings (SSSR count). The normalized spacial score (nSPS) is 19.8. The Labute approximate surface area is 193 Å². The van der Waals surface area contributed by atoms with Crippen LogP contribution in [-0.2, 0) is 19.6 Å². The van der Waals surface area contributed by atoms with E-state index in [-0.39, 0.29) is 12.5 Å². The molecule has 0 spiro atoms. The molecule has 1 amide bonds. The maximum absolute atomic E-state index is 12.6. The van der Waals surface area contributed by atoms with Crippen molar-refractivity contribution in [2.45, 2.75) is 23.2 Å². The Kier molecular flexibility index (Phi) is 7.34. The molecule has 2 saturated heterocycles. The second-order valence-corrected chi connectivity index (χ2v) is 11.1. The van der Waals surface area contributed by atoms with Crippen molar-refractivity contribution in [2.24, 2.45) is 0 Å². The zero-order valence-electron chi connectivity index (χ0n) is 18.2. The first kappa shape index (κ1) is 23.0. The SMILES string of the molecule is CN(c1ccc(OCC(=O)N2CCN(CC3CCCO3)CC2)cc1)S(=O)(=O)c1cccs1. The lowest BCUT2D eigenvalue weighted by Crippen LogP contribution is -2.51. The Morgan fingerprint density at radius 2 is 1.94 bits per heavy atom. The summed E-state index contributed by atoms with van der Waals surface area (Å²) in [5.74, 6) is 0.490. The molecule has 2 fully saturated rings. The molecule has 0 bridgehead atoms. The number of hydrogen-bond acceptors (Lipinski definition) is 7. The number of rotatable bonds is 8. The van der Waals surface area contributed by atoms with E-state index in [0.29, 0.717) is 34.8 Å². The van der Waals surface area contributed by atoms with Crippen LogP contribution in [0.2, 0.25) is 0 Å². The maximum Gasteiger partial charge on any atom is 0.273 e. The molecule has 10 heteroatoms. The van der Waals surface area contributed by atoms with Gasteiger partial charge in [0, 0.05) is 46.4 Å². The molecule has 0 N–H and O–H groups in total. The summed E-state index contributed by atoms with van der Waals surface area (Å²) in [5.41, 5.74) is 0.527. The van der Waals surface area contributed by atoms with E-state index in [0.717, 1.165) is 39.1 Å². The third kappa shape index (κ3) is 5.43. The van der Waals surface area contributed by atoms with Gasteiger partial charge < -0.3 is 14.4 Å². The van der Waals surface area contributed by atoms with Gasteiger partial charge in [0.2, 0.25) is 0 Å². The van der Waals surface area contributed by atoms with Crippen molar-refractivity contribution in [2.75, 3.05) is 57.3 Å². The van der Waals surface area contributed by atoms with Crippen molar-refractivity contribution in [1.82, 2.24) is 9.80 Å². The van der Waals surface area contributed by atoms with E-state index in [2.05, 4.69) is 4.90 Å². The van der Waals surface area contributed by atoms with Crippen molar-refractivity contribution in [3.05, 3.63) is 41.8 Å². The summed E-state index contributed by atoms with van der Waals surface area (Å²) >= 11 is 1.18. The number of piperazine rings is 1. The smallest absolute Gasteiger partial charge is 0.273 e. The molecule has 8 nitrogen and oxygen atoms in total. The number of thiophene rings is 1. The lowest BCUT2D eigenvalue weighted by molar-refractivity contribution is -0.135. The minimum atomic E-state index is -3.58. The second kappa shape index (κ2) is 10.2. The highest BCUT2D eigenvalue weighted by Gasteiger charge is 2.25. The highest BCUT2D eigenvalue weighted by molar-refractivity contribution is 7.94. The van der Waals surface area contributed by atoms with Gasteiger partial charge in [0.1, 0.15) is 9.96 Å². The van der Waals surface area contributed by atoms with Gasteiger partial charge in [0.05, 0.1) is 11.8 Å². The lowest BCUT2D eigenvalue weighted by atomic mass is 10.2. The average Bonchev–Trinajstić information content (AvgIpc) is 3.53. The van der Waals surface area contributed by atoms with Gasteiger partial charge in [0.15, 0.2) is 6.61 Å². The van der Waals surface area contributed by atoms with E-state index in [9.17, 15) is 13.2 Å². The van der Waals surface area contributed by atoms with E-state index in [1.54, 1.807) is 41.8 Å². The lowest BCUT2D eigenvalue weighted by Gasteiger charge is -2.35. The van der Waals surface area contributed by atoms with Crippen molar-refractivity contribution in [3.8, 4) is 5.75 Å². The predicted octanol–water partition coefficient (Wildman–Crippen LogP) is 2.28. The van der Waals surface area contributed by atoms with E-state index >= 15 is 0 Å². The van der Waals surface area contributed by atoms with Crippen LogP contribution in [0.4, 0.5) is 5.69 Å². The van der Waals surface area contributed by atoms with Crippen molar-refractivity contribution >= 4 is 33.0 Å². The summed E-state index contributed by atoms with van der Waals surface area (Å²) in [5, 5.41) is 1.73. The number of hydrogen-bond donors (Lipinski definition) is 0. The zero-order chi connectivity index (χ0) is 22.6. The van der Waals surface area contributed by atoms with Gasteiger partial charge in [-0.3, -0.25) is 14.0 Å². The minimum Gasteiger partial charge on any atom is -0.484 e. The number of nitrogens with zero attached hydrogens (tertiary/aromatic N) is 3. The molecule has 0 radical (unpaired) electrons. The first-order valence-electron chi connectivity index (χ1n) is 10.8. The summed E-state index contributed by atoms with van der Waals surface area (Å²) in [6.07, 6.45) is 2.60. The molecule has 1 aromatic carbocycles. The van der Waals surface area contributed by atoms with Crippen LogP contribution in [0.5, 0.6) is 5.75 Å². The van der Waals surface area contributed by atoms with Gasteiger partial charge in [-0.2, -0.15) is 0 Å². The Hall–Kier alpha value is -2.14. The van der Waals surface area contributed by atoms with E-state index in [4.69, 9.17) is 9.47 Å². The molecule has 1 unspecified atom stereocenters. The largest absolute Gasteiger partial charge is 0.484 e. The van der Waals surface area contributed by atoms with Gasteiger partial charge >= 0.3 is 0 Å². The number of carbonyl (C=O) groups is 1. The first-order chi connectivity index (χ1) is 15.4. The molecule has 2 aliphatic heterocycles. The van der Waals surface area contributed by atoms with Crippen LogP contribution in [0, 0.1) is 0 Å². The summed E-state index contributed by atoms with van der Waals surface area (Å²) in [7, 11) is -2.05. The van der Waals surface area contributed by atoms with Crippen molar-refractivity contribution in [3.63, 3.8) is 0 Å². The Balaban J connectivity index is 1.24. The topological polar surface area (TPSA) is 79.4 Å². The standard InChI is InChI=1S/C22H29N3O5S2/c1-23(32(27,28)22-5-3-15-31-22)18-6-8-19(9-7-18)30-17-21(26)25-12-10-24(11-13-25)16-20-4-2-14-29-20/h3,5-9,15,20H,2,4,10-14,16-17H2,1H3. The van der Waals surface area contributed by atoms with Crippen LogP contribution >= 0.6 is 11.3 Å². The van der Waals surface area contributed by atoms with Crippen LogP contribution in [0.25, 0.3) is 0 Å². The second-order valence-electron chi connectivity index (χ2n) is 8.00. The number of sulfonamides is 1. The number of amides is 1. The van der Waals surface area contributed by atoms with E-state index in [1.165, 1.54) is 22.7 Å². The van der Waals surface area contributed by atoms with Crippen LogP contribution in [-0.4, -0.2) is 83.2 Å². The maximum atomic E-state index is 12.6. The fourth-order valence-corrected chi connectivity index (χ4v) is 6.29. The molecule has 0 aliphatic carbocycles. The van der Waals surface area contributed by atoms with Crippen LogP contribution in [0.3, 0.4) is 0 Å². The molecule has 1 atom stereocenters. The molecule has 32 heavy (non-hydrogen) atoms. The summed E-state index contributed by atoms with van der Waals surface area (Å²) in [6, 6.07) is 10.0. The van der Waals surface area contributed by atoms with Gasteiger partial charge in [0.25, 0.3) is 15.9 Å². The number of carbonyl (C=O) groups excluding carboxylic acids is 1. The number of ether oxygens (including phenoxy) is 2. The molecule has 3 heterocycles. The third-order valence-corrected chi connectivity index (χ3v) is 9.04. The quantitative estimate of drug-likeness (QED) is 0.578. The van der Waals surface area contributed by atoms with Crippen LogP contribution in [0.15, 0.2) is 46.0 Å². The molecule has 1 aromatic heterocycles. The van der Waals surface area contributed by atoms with Gasteiger partial charge in [-0.25, -0.2) is 8.42 Å². The van der Waals surface area contributed by atoms with Crippen LogP contribution < -0.4 is 9.04 Å². The minimum absolute atomic E-state index is 0.0333. The monoisotopic (exact) mass is 479 g/mol. The summed E-state index contributed by atoms with van der Waals surface area (Å²) in [6.45, 7) is 4.87. The summed E-state index contributed by atoms with van der Waals surface area (Å²) in [4.78, 5) is 16.7. The van der Waals surface area contributed by atoms with E-state index in [1.807, 2.05) is 4.90 Å². The number of benzene rings is 1. The fourth-order valence-electron chi connectivity index (χ4n) is 3.93. The van der Waals surface area contributed by atoms with Gasteiger partial charge in [-0.05, 0) is 48.6 Å². The highest BCUT2D eigenvalue weighted by Crippen LogP contribution is 2.26. The van der Waals surface area contributed by atoms with Crippen molar-refractivity contribution in [1.29, 1.82) is 0 Å². The third-order valence-electron chi connectivity index (χ3n) is 5.88. The first-order valence-corrected chi connectivity index (χ1v) is 13.1. The average molecular weight is 480 g/mol. The Bertz CT molecular complexity index is 981. The Morgan fingerprint density at radius 3 is 2.56 bits per heavy atom. The zero-order valence-corrected chi connectivity index (χ0v) is 19.8. The Morgan fingerprint density at radius 1 is 1.19 bits per heavy atom. The molecular weight excluding hydrogens is 450 g/mol. The molecule has 2 aromatic rings. The molecule has 174 valence electrons. The molecule has 2 aliphatic rings. The highest BCUT2D eigenvalue weighted by atomic mass is 32.2. The summed E-state index contributed by atoms with van der Waals surface area (Å²) < 4.78 is 38.2. The molecular formula is C22H29N3O5S2. The van der Waals surface area contributed by atoms with E-state index < -0.39 is 10.0 Å². The fraction of sp³-hybridized carbons (Fsp3) is 0.500. The number of anilines is 1. The molecule has 0 saturated carbocycles. The van der Waals surface area contributed by atoms with Gasteiger partial charge in [-0.15, -0.1) is 11.3 Å². The van der Waals surface area contributed by atoms with Gasteiger partial charge in [-0.1, -0.05) is 6.07 Å².